The number of aliphatic hydroxyl groups is 1. The summed E-state index contributed by atoms with van der Waals surface area (Å²) in [5.41, 5.74) is -0.447. The molecule has 8 nitrogen and oxygen atoms in total. The number of carbonyl (C=O) groups excluding carboxylic acids is 1. The van der Waals surface area contributed by atoms with Crippen molar-refractivity contribution in [2.75, 3.05) is 11.4 Å². The largest absolute Gasteiger partial charge is 0.443 e. The van der Waals surface area contributed by atoms with Gasteiger partial charge in [-0.05, 0) is 57.9 Å². The van der Waals surface area contributed by atoms with Crippen molar-refractivity contribution in [2.45, 2.75) is 57.7 Å². The van der Waals surface area contributed by atoms with Crippen LogP contribution in [0.25, 0.3) is 10.7 Å². The van der Waals surface area contributed by atoms with E-state index in [9.17, 15) is 14.3 Å². The van der Waals surface area contributed by atoms with Gasteiger partial charge in [0.2, 0.25) is 0 Å². The van der Waals surface area contributed by atoms with Crippen LogP contribution in [0.3, 0.4) is 0 Å². The van der Waals surface area contributed by atoms with E-state index in [0.29, 0.717) is 35.1 Å². The fourth-order valence-corrected chi connectivity index (χ4v) is 4.53. The van der Waals surface area contributed by atoms with E-state index < -0.39 is 17.1 Å². The molecule has 1 fully saturated rings. The van der Waals surface area contributed by atoms with E-state index in [1.807, 2.05) is 0 Å². The first-order chi connectivity index (χ1) is 15.7. The third kappa shape index (κ3) is 5.01. The average molecular weight is 472 g/mol. The Balaban J connectivity index is 1.66. The van der Waals surface area contributed by atoms with Crippen molar-refractivity contribution in [3.05, 3.63) is 53.0 Å². The summed E-state index contributed by atoms with van der Waals surface area (Å²) >= 11 is 1.32. The molecule has 1 aliphatic rings. The summed E-state index contributed by atoms with van der Waals surface area (Å²) in [5.74, 6) is -0.0826. The van der Waals surface area contributed by atoms with Gasteiger partial charge in [-0.1, -0.05) is 6.42 Å². The molecule has 1 N–H and O–H groups in total. The number of carbonyl (C=O) groups is 1. The van der Waals surface area contributed by atoms with Crippen molar-refractivity contribution in [1.82, 2.24) is 20.2 Å². The minimum absolute atomic E-state index is 0.0955. The minimum Gasteiger partial charge on any atom is -0.443 e. The molecule has 174 valence electrons. The number of aromatic nitrogens is 4. The lowest BCUT2D eigenvalue weighted by molar-refractivity contribution is 0.0557. The van der Waals surface area contributed by atoms with Gasteiger partial charge in [0.25, 0.3) is 0 Å². The predicted molar refractivity (Wildman–Crippen MR) is 122 cm³/mol. The third-order valence-electron chi connectivity index (χ3n) is 5.50. The first-order valence-electron chi connectivity index (χ1n) is 10.7. The number of amides is 1. The third-order valence-corrected chi connectivity index (χ3v) is 6.51. The van der Waals surface area contributed by atoms with Crippen LogP contribution < -0.4 is 4.90 Å². The van der Waals surface area contributed by atoms with Crippen LogP contribution in [-0.4, -0.2) is 43.5 Å². The van der Waals surface area contributed by atoms with E-state index in [-0.39, 0.29) is 19.0 Å². The number of rotatable bonds is 6. The highest BCUT2D eigenvalue weighted by molar-refractivity contribution is 7.14. The van der Waals surface area contributed by atoms with Crippen LogP contribution in [0.4, 0.5) is 15.0 Å². The molecule has 0 radical (unpaired) electrons. The fraction of sp³-hybridized carbons (Fsp3) is 0.435. The molecular weight excluding hydrogens is 445 g/mol. The van der Waals surface area contributed by atoms with Crippen molar-refractivity contribution in [3.8, 4) is 10.7 Å². The van der Waals surface area contributed by atoms with Crippen LogP contribution in [-0.2, 0) is 16.8 Å². The molecule has 33 heavy (non-hydrogen) atoms. The van der Waals surface area contributed by atoms with Crippen molar-refractivity contribution in [2.24, 2.45) is 0 Å². The summed E-state index contributed by atoms with van der Waals surface area (Å²) in [6.45, 7) is 5.45. The Morgan fingerprint density at radius 1 is 1.24 bits per heavy atom. The van der Waals surface area contributed by atoms with Crippen molar-refractivity contribution < 1.29 is 19.0 Å². The molecule has 0 aromatic carbocycles. The zero-order valence-corrected chi connectivity index (χ0v) is 19.6. The number of aliphatic hydroxyl groups excluding tert-OH is 1. The number of hydrogen-bond donors (Lipinski definition) is 1. The van der Waals surface area contributed by atoms with Gasteiger partial charge in [0.1, 0.15) is 22.1 Å². The highest BCUT2D eigenvalue weighted by Crippen LogP contribution is 2.45. The first kappa shape index (κ1) is 23.2. The van der Waals surface area contributed by atoms with Gasteiger partial charge >= 0.3 is 6.09 Å². The van der Waals surface area contributed by atoms with Crippen LogP contribution >= 0.6 is 11.3 Å². The Morgan fingerprint density at radius 2 is 2.03 bits per heavy atom. The van der Waals surface area contributed by atoms with Gasteiger partial charge in [-0.15, -0.1) is 21.5 Å². The van der Waals surface area contributed by atoms with Gasteiger partial charge in [0.15, 0.2) is 5.82 Å². The predicted octanol–water partition coefficient (Wildman–Crippen LogP) is 4.49. The molecule has 1 saturated carbocycles. The van der Waals surface area contributed by atoms with Gasteiger partial charge in [-0.2, -0.15) is 0 Å². The number of halogens is 1. The summed E-state index contributed by atoms with van der Waals surface area (Å²) in [6, 6.07) is 6.34. The Bertz CT molecular complexity index is 1130. The van der Waals surface area contributed by atoms with Gasteiger partial charge in [0, 0.05) is 24.4 Å². The second kappa shape index (κ2) is 9.11. The SMILES string of the molecule is CC(C)(C)OC(=O)N(CC1(c2ncccc2F)CCC1)c1ccc(-c2ncc(CO)s2)nn1. The average Bonchev–Trinajstić information content (AvgIpc) is 3.22. The van der Waals surface area contributed by atoms with E-state index in [1.54, 1.807) is 51.4 Å². The lowest BCUT2D eigenvalue weighted by atomic mass is 9.66. The lowest BCUT2D eigenvalue weighted by Crippen LogP contribution is -2.50. The number of thiazole rings is 1. The van der Waals surface area contributed by atoms with Crippen LogP contribution in [0.1, 0.15) is 50.6 Å². The molecule has 1 amide bonds. The van der Waals surface area contributed by atoms with Crippen LogP contribution in [0.15, 0.2) is 36.7 Å². The molecule has 1 aliphatic carbocycles. The van der Waals surface area contributed by atoms with Crippen molar-refractivity contribution in [3.63, 3.8) is 0 Å². The number of hydrogen-bond acceptors (Lipinski definition) is 8. The molecule has 3 aromatic rings. The van der Waals surface area contributed by atoms with E-state index in [1.165, 1.54) is 22.3 Å². The summed E-state index contributed by atoms with van der Waals surface area (Å²) < 4.78 is 20.3. The highest BCUT2D eigenvalue weighted by atomic mass is 32.1. The number of ether oxygens (including phenoxy) is 1. The Kier molecular flexibility index (Phi) is 6.40. The molecule has 0 unspecified atom stereocenters. The summed E-state index contributed by atoms with van der Waals surface area (Å²) in [4.78, 5) is 23.9. The smallest absolute Gasteiger partial charge is 0.416 e. The Morgan fingerprint density at radius 3 is 2.58 bits per heavy atom. The second-order valence-corrected chi connectivity index (χ2v) is 10.2. The first-order valence-corrected chi connectivity index (χ1v) is 11.5. The van der Waals surface area contributed by atoms with Crippen LogP contribution in [0, 0.1) is 5.82 Å². The van der Waals surface area contributed by atoms with Gasteiger partial charge in [-0.25, -0.2) is 14.2 Å². The van der Waals surface area contributed by atoms with E-state index in [4.69, 9.17) is 4.74 Å². The summed E-state index contributed by atoms with van der Waals surface area (Å²) in [5, 5.41) is 18.4. The van der Waals surface area contributed by atoms with Gasteiger partial charge < -0.3 is 9.84 Å². The number of pyridine rings is 1. The number of nitrogens with zero attached hydrogens (tertiary/aromatic N) is 5. The quantitative estimate of drug-likeness (QED) is 0.565. The summed E-state index contributed by atoms with van der Waals surface area (Å²) in [6.07, 6.45) is 4.90. The normalized spacial score (nSPS) is 15.1. The van der Waals surface area contributed by atoms with Crippen molar-refractivity contribution >= 4 is 23.2 Å². The Labute approximate surface area is 195 Å². The second-order valence-electron chi connectivity index (χ2n) is 9.10. The molecule has 3 aromatic heterocycles. The molecule has 0 bridgehead atoms. The van der Waals surface area contributed by atoms with Crippen LogP contribution in [0.5, 0.6) is 0 Å². The maximum atomic E-state index is 14.7. The minimum atomic E-state index is -0.715. The molecule has 0 spiro atoms. The van der Waals surface area contributed by atoms with Crippen molar-refractivity contribution in [1.29, 1.82) is 0 Å². The Hall–Kier alpha value is -2.98. The van der Waals surface area contributed by atoms with Gasteiger partial charge in [-0.3, -0.25) is 9.88 Å². The van der Waals surface area contributed by atoms with E-state index in [0.717, 1.165) is 11.3 Å². The molecule has 3 heterocycles. The highest BCUT2D eigenvalue weighted by Gasteiger charge is 2.45. The zero-order valence-electron chi connectivity index (χ0n) is 18.8. The number of anilines is 1. The van der Waals surface area contributed by atoms with E-state index in [2.05, 4.69) is 20.2 Å². The van der Waals surface area contributed by atoms with Gasteiger partial charge in [0.05, 0.1) is 17.2 Å². The standard InChI is InChI=1S/C23H26FN5O3S/c1-22(2,3)32-21(31)29(14-23(9-5-10-23)19-16(24)6-4-11-25-19)18-8-7-17(27-28-18)20-26-12-15(13-30)33-20/h4,6-8,11-12,30H,5,9-10,13-14H2,1-3H3. The molecule has 10 heteroatoms. The maximum absolute atomic E-state index is 14.7. The van der Waals surface area contributed by atoms with Crippen LogP contribution in [0.2, 0.25) is 0 Å². The molecular formula is C23H26FN5O3S. The molecule has 0 saturated heterocycles. The van der Waals surface area contributed by atoms with E-state index >= 15 is 0 Å². The fourth-order valence-electron chi connectivity index (χ4n) is 3.79. The molecule has 4 rings (SSSR count). The topological polar surface area (TPSA) is 101 Å². The molecule has 0 aliphatic heterocycles. The summed E-state index contributed by atoms with van der Waals surface area (Å²) in [7, 11) is 0. The maximum Gasteiger partial charge on any atom is 0.416 e. The lowest BCUT2D eigenvalue weighted by Gasteiger charge is -2.44. The molecule has 0 atom stereocenters. The zero-order chi connectivity index (χ0) is 23.6. The monoisotopic (exact) mass is 471 g/mol.